The van der Waals surface area contributed by atoms with E-state index < -0.39 is 64.2 Å². The maximum absolute atomic E-state index is 14.3. The smallest absolute Gasteiger partial charge is 0.252 e. The van der Waals surface area contributed by atoms with Crippen LogP contribution in [0.4, 0.5) is 14.5 Å². The minimum absolute atomic E-state index is 0.0178. The first-order valence-electron chi connectivity index (χ1n) is 14.2. The second-order valence-electron chi connectivity index (χ2n) is 13.0. The molecule has 4 rings (SSSR count). The molecule has 2 aliphatic heterocycles. The number of hydrogen-bond donors (Lipinski definition) is 2. The summed E-state index contributed by atoms with van der Waals surface area (Å²) >= 11 is 0. The lowest BCUT2D eigenvalue weighted by Gasteiger charge is -2.37. The number of benzene rings is 2. The van der Waals surface area contributed by atoms with Crippen LogP contribution in [-0.2, 0) is 19.8 Å². The van der Waals surface area contributed by atoms with E-state index >= 15 is 0 Å². The molecular formula is C32H37F2N5O4. The van der Waals surface area contributed by atoms with Crippen LogP contribution in [0.5, 0.6) is 0 Å². The molecule has 2 aromatic rings. The van der Waals surface area contributed by atoms with E-state index in [0.717, 1.165) is 23.8 Å². The number of nitrogens with zero attached hydrogens (tertiary/aromatic N) is 3. The zero-order chi connectivity index (χ0) is 31.9. The molecule has 0 radical (unpaired) electrons. The lowest BCUT2D eigenvalue weighted by atomic mass is 9.80. The van der Waals surface area contributed by atoms with Crippen molar-refractivity contribution in [3.05, 3.63) is 65.2 Å². The quantitative estimate of drug-likeness (QED) is 0.503. The van der Waals surface area contributed by atoms with Crippen molar-refractivity contribution in [2.24, 2.45) is 11.3 Å². The molecule has 4 atom stereocenters. The molecule has 2 N–H and O–H groups in total. The number of para-hydroxylation sites is 1. The average Bonchev–Trinajstić information content (AvgIpc) is 3.47. The molecule has 9 nitrogen and oxygen atoms in total. The SMILES string of the molecule is CC(C)C(NC(=O)c1ccc(F)c(F)c1)C(=O)N(C)[C@@H](CC(C)(C)C)C(=O)N1C[C@]2(C[C@H]1C#N)C(=O)Nc1ccccc12. The first-order valence-corrected chi connectivity index (χ1v) is 14.2. The van der Waals surface area contributed by atoms with E-state index in [4.69, 9.17) is 0 Å². The summed E-state index contributed by atoms with van der Waals surface area (Å²) < 4.78 is 27.2. The van der Waals surface area contributed by atoms with Gasteiger partial charge in [0.1, 0.15) is 18.1 Å². The van der Waals surface area contributed by atoms with E-state index in [2.05, 4.69) is 16.7 Å². The van der Waals surface area contributed by atoms with Crippen LogP contribution in [0.1, 0.15) is 63.4 Å². The molecule has 0 aliphatic carbocycles. The summed E-state index contributed by atoms with van der Waals surface area (Å²) in [5, 5.41) is 15.6. The second kappa shape index (κ2) is 11.7. The highest BCUT2D eigenvalue weighted by atomic mass is 19.2. The Morgan fingerprint density at radius 1 is 1.16 bits per heavy atom. The number of anilines is 1. The van der Waals surface area contributed by atoms with E-state index in [1.807, 2.05) is 32.9 Å². The van der Waals surface area contributed by atoms with Crippen LogP contribution >= 0.6 is 0 Å². The number of nitrogens with one attached hydrogen (secondary N) is 2. The topological polar surface area (TPSA) is 123 Å². The third-order valence-electron chi connectivity index (χ3n) is 8.22. The van der Waals surface area contributed by atoms with Gasteiger partial charge in [0, 0.05) is 31.3 Å². The maximum atomic E-state index is 14.3. The van der Waals surface area contributed by atoms with Crippen LogP contribution in [0, 0.1) is 34.3 Å². The van der Waals surface area contributed by atoms with Crippen molar-refractivity contribution in [2.75, 3.05) is 18.9 Å². The van der Waals surface area contributed by atoms with Crippen molar-refractivity contribution in [1.29, 1.82) is 5.26 Å². The van der Waals surface area contributed by atoms with Crippen LogP contribution in [0.15, 0.2) is 42.5 Å². The van der Waals surface area contributed by atoms with E-state index in [9.17, 15) is 33.2 Å². The maximum Gasteiger partial charge on any atom is 0.252 e. The Morgan fingerprint density at radius 2 is 1.84 bits per heavy atom. The van der Waals surface area contributed by atoms with Gasteiger partial charge in [0.25, 0.3) is 5.91 Å². The van der Waals surface area contributed by atoms with Crippen LogP contribution in [0.3, 0.4) is 0 Å². The first-order chi connectivity index (χ1) is 20.1. The molecule has 0 aromatic heterocycles. The predicted molar refractivity (Wildman–Crippen MR) is 156 cm³/mol. The standard InChI is InChI=1S/C32H37F2N5O4/c1-18(2)26(37-27(40)19-11-12-22(33)23(34)13-19)29(42)38(6)25(15-31(3,4)5)28(41)39-17-32(14-20(39)16-35)21-9-7-8-10-24(21)36-30(32)43/h7-13,18,20,25-26H,14-15,17H2,1-6H3,(H,36,43)(H,37,40)/t20-,25-,26?,32-/m0/s1. The normalized spacial score (nSPS) is 20.8. The number of fused-ring (bicyclic) bond motifs is 2. The fraction of sp³-hybridized carbons (Fsp3) is 0.469. The van der Waals surface area contributed by atoms with Gasteiger partial charge >= 0.3 is 0 Å². The number of carbonyl (C=O) groups is 4. The zero-order valence-corrected chi connectivity index (χ0v) is 25.2. The van der Waals surface area contributed by atoms with Gasteiger partial charge in [-0.3, -0.25) is 19.2 Å². The van der Waals surface area contributed by atoms with Crippen molar-refractivity contribution in [3.63, 3.8) is 0 Å². The number of hydrogen-bond acceptors (Lipinski definition) is 5. The molecule has 0 saturated carbocycles. The van der Waals surface area contributed by atoms with Crippen molar-refractivity contribution in [2.45, 2.75) is 71.0 Å². The Kier molecular flexibility index (Phi) is 8.63. The van der Waals surface area contributed by atoms with Gasteiger partial charge in [-0.1, -0.05) is 52.8 Å². The molecule has 11 heteroatoms. The van der Waals surface area contributed by atoms with Gasteiger partial charge in [0.05, 0.1) is 11.5 Å². The van der Waals surface area contributed by atoms with Crippen molar-refractivity contribution in [1.82, 2.24) is 15.1 Å². The highest BCUT2D eigenvalue weighted by Gasteiger charge is 2.57. The number of rotatable bonds is 7. The van der Waals surface area contributed by atoms with Gasteiger partial charge < -0.3 is 20.4 Å². The van der Waals surface area contributed by atoms with Gasteiger partial charge in [-0.15, -0.1) is 0 Å². The number of carbonyl (C=O) groups excluding carboxylic acids is 4. The summed E-state index contributed by atoms with van der Waals surface area (Å²) in [5.41, 5.74) is -0.286. The average molecular weight is 594 g/mol. The highest BCUT2D eigenvalue weighted by Crippen LogP contribution is 2.46. The van der Waals surface area contributed by atoms with Crippen molar-refractivity contribution < 1.29 is 28.0 Å². The lowest BCUT2D eigenvalue weighted by molar-refractivity contribution is -0.147. The molecule has 43 heavy (non-hydrogen) atoms. The summed E-state index contributed by atoms with van der Waals surface area (Å²) in [6.07, 6.45) is 0.358. The number of nitriles is 1. The van der Waals surface area contributed by atoms with Crippen molar-refractivity contribution in [3.8, 4) is 6.07 Å². The summed E-state index contributed by atoms with van der Waals surface area (Å²) in [6.45, 7) is 9.18. The Morgan fingerprint density at radius 3 is 2.44 bits per heavy atom. The molecule has 1 unspecified atom stereocenters. The summed E-state index contributed by atoms with van der Waals surface area (Å²) in [7, 11) is 1.47. The fourth-order valence-electron chi connectivity index (χ4n) is 5.90. The molecule has 228 valence electrons. The second-order valence-corrected chi connectivity index (χ2v) is 13.0. The van der Waals surface area contributed by atoms with Crippen molar-refractivity contribution >= 4 is 29.3 Å². The largest absolute Gasteiger partial charge is 0.340 e. The monoisotopic (exact) mass is 593 g/mol. The first kappa shape index (κ1) is 31.6. The molecule has 2 aliphatic rings. The van der Waals surface area contributed by atoms with Crippen LogP contribution in [-0.4, -0.2) is 65.1 Å². The molecule has 4 amide bonds. The van der Waals surface area contributed by atoms with Gasteiger partial charge in [0.2, 0.25) is 17.7 Å². The third kappa shape index (κ3) is 6.10. The minimum atomic E-state index is -1.19. The fourth-order valence-corrected chi connectivity index (χ4v) is 5.90. The molecule has 1 fully saturated rings. The Bertz CT molecular complexity index is 1500. The van der Waals surface area contributed by atoms with E-state index in [1.165, 1.54) is 16.8 Å². The van der Waals surface area contributed by atoms with Gasteiger partial charge in [0.15, 0.2) is 11.6 Å². The number of likely N-dealkylation sites (tertiary alicyclic amines) is 1. The predicted octanol–water partition coefficient (Wildman–Crippen LogP) is 4.00. The highest BCUT2D eigenvalue weighted by molar-refractivity contribution is 6.07. The van der Waals surface area contributed by atoms with E-state index in [0.29, 0.717) is 5.69 Å². The number of amides is 4. The molecule has 2 aromatic carbocycles. The summed E-state index contributed by atoms with van der Waals surface area (Å²) in [4.78, 5) is 57.0. The van der Waals surface area contributed by atoms with E-state index in [-0.39, 0.29) is 30.9 Å². The van der Waals surface area contributed by atoms with Crippen LogP contribution in [0.25, 0.3) is 0 Å². The van der Waals surface area contributed by atoms with Crippen LogP contribution < -0.4 is 10.6 Å². The van der Waals surface area contributed by atoms with Gasteiger partial charge in [-0.05, 0) is 47.6 Å². The minimum Gasteiger partial charge on any atom is -0.340 e. The summed E-state index contributed by atoms with van der Waals surface area (Å²) in [5.74, 6) is -4.79. The Balaban J connectivity index is 1.63. The Labute approximate surface area is 250 Å². The molecular weight excluding hydrogens is 556 g/mol. The molecule has 1 saturated heterocycles. The molecule has 0 bridgehead atoms. The van der Waals surface area contributed by atoms with Gasteiger partial charge in [-0.2, -0.15) is 5.26 Å². The van der Waals surface area contributed by atoms with Gasteiger partial charge in [-0.25, -0.2) is 8.78 Å². The van der Waals surface area contributed by atoms with E-state index in [1.54, 1.807) is 26.0 Å². The zero-order valence-electron chi connectivity index (χ0n) is 25.2. The number of halogens is 2. The third-order valence-corrected chi connectivity index (χ3v) is 8.22. The lowest BCUT2D eigenvalue weighted by Crippen LogP contribution is -2.57. The number of likely N-dealkylation sites (N-methyl/N-ethyl adjacent to an activating group) is 1. The molecule has 1 spiro atoms. The Hall–Kier alpha value is -4.33. The van der Waals surface area contributed by atoms with Crippen LogP contribution in [0.2, 0.25) is 0 Å². The summed E-state index contributed by atoms with van der Waals surface area (Å²) in [6, 6.07) is 9.09. The molecule has 2 heterocycles.